The molecule has 1 aromatic heterocycles. The van der Waals surface area contributed by atoms with Gasteiger partial charge in [-0.2, -0.15) is 0 Å². The Hall–Kier alpha value is -0.870. The highest BCUT2D eigenvalue weighted by Gasteiger charge is 2.11. The molecular formula is C11H18ClN3O. The molecule has 1 aromatic rings. The maximum atomic E-state index is 8.96. The predicted molar refractivity (Wildman–Crippen MR) is 66.1 cm³/mol. The summed E-state index contributed by atoms with van der Waals surface area (Å²) in [5.41, 5.74) is 0. The van der Waals surface area contributed by atoms with E-state index in [9.17, 15) is 0 Å². The Morgan fingerprint density at radius 1 is 1.44 bits per heavy atom. The van der Waals surface area contributed by atoms with E-state index in [0.717, 1.165) is 18.2 Å². The van der Waals surface area contributed by atoms with Crippen molar-refractivity contribution in [1.29, 1.82) is 0 Å². The molecule has 1 heterocycles. The van der Waals surface area contributed by atoms with Crippen LogP contribution in [0.15, 0.2) is 6.07 Å². The molecule has 0 aliphatic carbocycles. The zero-order valence-electron chi connectivity index (χ0n) is 9.94. The lowest BCUT2D eigenvalue weighted by atomic mass is 10.2. The summed E-state index contributed by atoms with van der Waals surface area (Å²) in [5.74, 6) is 1.75. The summed E-state index contributed by atoms with van der Waals surface area (Å²) < 4.78 is 0. The molecule has 16 heavy (non-hydrogen) atoms. The number of nitrogens with zero attached hydrogens (tertiary/aromatic N) is 3. The number of rotatable bonds is 5. The van der Waals surface area contributed by atoms with Gasteiger partial charge in [0.2, 0.25) is 0 Å². The number of aromatic nitrogens is 2. The Kier molecular flexibility index (Phi) is 4.96. The van der Waals surface area contributed by atoms with Crippen molar-refractivity contribution in [3.05, 3.63) is 17.0 Å². The Morgan fingerprint density at radius 2 is 2.12 bits per heavy atom. The summed E-state index contributed by atoms with van der Waals surface area (Å²) in [6.45, 7) is 7.51. The van der Waals surface area contributed by atoms with Crippen LogP contribution in [0.5, 0.6) is 0 Å². The molecule has 0 spiro atoms. The summed E-state index contributed by atoms with van der Waals surface area (Å²) in [6, 6.07) is 1.73. The van der Waals surface area contributed by atoms with Crippen LogP contribution in [-0.2, 0) is 0 Å². The Balaban J connectivity index is 3.02. The first-order chi connectivity index (χ1) is 7.58. The van der Waals surface area contributed by atoms with Gasteiger partial charge in [0.15, 0.2) is 0 Å². The van der Waals surface area contributed by atoms with E-state index in [1.54, 1.807) is 6.07 Å². The molecule has 0 atom stereocenters. The second-order valence-corrected chi connectivity index (χ2v) is 4.25. The molecule has 0 aliphatic rings. The van der Waals surface area contributed by atoms with Crippen LogP contribution in [0, 0.1) is 0 Å². The van der Waals surface area contributed by atoms with Crippen molar-refractivity contribution >= 4 is 17.4 Å². The average molecular weight is 244 g/mol. The third kappa shape index (κ3) is 3.32. The monoisotopic (exact) mass is 243 g/mol. The van der Waals surface area contributed by atoms with Crippen molar-refractivity contribution in [2.75, 3.05) is 24.6 Å². The van der Waals surface area contributed by atoms with Gasteiger partial charge in [0.1, 0.15) is 16.8 Å². The van der Waals surface area contributed by atoms with Gasteiger partial charge in [0.25, 0.3) is 0 Å². The minimum Gasteiger partial charge on any atom is -0.395 e. The summed E-state index contributed by atoms with van der Waals surface area (Å²) in [6.07, 6.45) is 0. The van der Waals surface area contributed by atoms with Gasteiger partial charge in [-0.15, -0.1) is 0 Å². The highest BCUT2D eigenvalue weighted by molar-refractivity contribution is 6.29. The summed E-state index contributed by atoms with van der Waals surface area (Å²) >= 11 is 5.96. The lowest BCUT2D eigenvalue weighted by Gasteiger charge is -2.21. The van der Waals surface area contributed by atoms with Gasteiger partial charge in [0.05, 0.1) is 6.61 Å². The van der Waals surface area contributed by atoms with Crippen LogP contribution in [0.1, 0.15) is 32.5 Å². The van der Waals surface area contributed by atoms with E-state index in [-0.39, 0.29) is 12.5 Å². The first-order valence-electron chi connectivity index (χ1n) is 5.48. The van der Waals surface area contributed by atoms with Crippen LogP contribution in [0.4, 0.5) is 5.82 Å². The number of hydrogen-bond donors (Lipinski definition) is 1. The third-order valence-electron chi connectivity index (χ3n) is 2.29. The van der Waals surface area contributed by atoms with Crippen LogP contribution in [0.2, 0.25) is 5.15 Å². The molecule has 0 saturated carbocycles. The molecule has 90 valence electrons. The van der Waals surface area contributed by atoms with Crippen LogP contribution in [0.25, 0.3) is 0 Å². The quantitative estimate of drug-likeness (QED) is 0.805. The maximum Gasteiger partial charge on any atom is 0.135 e. The minimum absolute atomic E-state index is 0.104. The number of aliphatic hydroxyl groups excluding tert-OH is 1. The fourth-order valence-corrected chi connectivity index (χ4v) is 1.58. The minimum atomic E-state index is 0.104. The van der Waals surface area contributed by atoms with Crippen molar-refractivity contribution in [2.45, 2.75) is 26.7 Å². The van der Waals surface area contributed by atoms with Crippen molar-refractivity contribution in [1.82, 2.24) is 9.97 Å². The SMILES string of the molecule is CCN(CCO)c1cc(Cl)nc(C(C)C)n1. The van der Waals surface area contributed by atoms with E-state index in [4.69, 9.17) is 16.7 Å². The van der Waals surface area contributed by atoms with Crippen molar-refractivity contribution < 1.29 is 5.11 Å². The molecule has 0 aliphatic heterocycles. The second kappa shape index (κ2) is 6.01. The molecule has 0 aromatic carbocycles. The van der Waals surface area contributed by atoms with Crippen LogP contribution >= 0.6 is 11.6 Å². The van der Waals surface area contributed by atoms with E-state index < -0.39 is 0 Å². The van der Waals surface area contributed by atoms with Crippen molar-refractivity contribution in [3.63, 3.8) is 0 Å². The fraction of sp³-hybridized carbons (Fsp3) is 0.636. The first-order valence-corrected chi connectivity index (χ1v) is 5.86. The van der Waals surface area contributed by atoms with Gasteiger partial charge in [-0.25, -0.2) is 9.97 Å². The Labute approximate surface area is 101 Å². The number of likely N-dealkylation sites (N-methyl/N-ethyl adjacent to an activating group) is 1. The van der Waals surface area contributed by atoms with Crippen molar-refractivity contribution in [3.8, 4) is 0 Å². The summed E-state index contributed by atoms with van der Waals surface area (Å²) in [7, 11) is 0. The smallest absolute Gasteiger partial charge is 0.135 e. The number of halogens is 1. The molecule has 4 nitrogen and oxygen atoms in total. The van der Waals surface area contributed by atoms with E-state index >= 15 is 0 Å². The third-order valence-corrected chi connectivity index (χ3v) is 2.48. The van der Waals surface area contributed by atoms with Crippen LogP contribution < -0.4 is 4.90 Å². The van der Waals surface area contributed by atoms with Gasteiger partial charge in [-0.1, -0.05) is 25.4 Å². The maximum absolute atomic E-state index is 8.96. The topological polar surface area (TPSA) is 49.2 Å². The van der Waals surface area contributed by atoms with Gasteiger partial charge >= 0.3 is 0 Å². The molecule has 0 bridgehead atoms. The molecular weight excluding hydrogens is 226 g/mol. The van der Waals surface area contributed by atoms with Gasteiger partial charge in [-0.3, -0.25) is 0 Å². The average Bonchev–Trinajstić information content (AvgIpc) is 2.24. The van der Waals surface area contributed by atoms with E-state index in [1.165, 1.54) is 0 Å². The molecule has 0 amide bonds. The molecule has 0 unspecified atom stereocenters. The summed E-state index contributed by atoms with van der Waals surface area (Å²) in [5, 5.41) is 9.41. The number of aliphatic hydroxyl groups is 1. The Bertz CT molecular complexity index is 344. The highest BCUT2D eigenvalue weighted by Crippen LogP contribution is 2.19. The van der Waals surface area contributed by atoms with Gasteiger partial charge in [-0.05, 0) is 6.92 Å². The van der Waals surface area contributed by atoms with Gasteiger partial charge in [0, 0.05) is 25.1 Å². The Morgan fingerprint density at radius 3 is 2.62 bits per heavy atom. The highest BCUT2D eigenvalue weighted by atomic mass is 35.5. The van der Waals surface area contributed by atoms with Crippen molar-refractivity contribution in [2.24, 2.45) is 0 Å². The predicted octanol–water partition coefficient (Wildman–Crippen LogP) is 2.07. The lowest BCUT2D eigenvalue weighted by molar-refractivity contribution is 0.302. The van der Waals surface area contributed by atoms with E-state index in [1.807, 2.05) is 25.7 Å². The molecule has 0 fully saturated rings. The molecule has 1 rings (SSSR count). The largest absolute Gasteiger partial charge is 0.395 e. The lowest BCUT2D eigenvalue weighted by Crippen LogP contribution is -2.27. The standard InChI is InChI=1S/C11H18ClN3O/c1-4-15(5-6-16)10-7-9(12)13-11(14-10)8(2)3/h7-8,16H,4-6H2,1-3H3. The fourth-order valence-electron chi connectivity index (χ4n) is 1.40. The zero-order valence-corrected chi connectivity index (χ0v) is 10.7. The second-order valence-electron chi connectivity index (χ2n) is 3.87. The molecule has 0 saturated heterocycles. The van der Waals surface area contributed by atoms with E-state index in [2.05, 4.69) is 9.97 Å². The van der Waals surface area contributed by atoms with Crippen LogP contribution in [-0.4, -0.2) is 34.8 Å². The normalized spacial score (nSPS) is 10.9. The summed E-state index contributed by atoms with van der Waals surface area (Å²) in [4.78, 5) is 10.6. The molecule has 1 N–H and O–H groups in total. The van der Waals surface area contributed by atoms with E-state index in [0.29, 0.717) is 11.7 Å². The number of hydrogen-bond acceptors (Lipinski definition) is 4. The zero-order chi connectivity index (χ0) is 12.1. The first kappa shape index (κ1) is 13.2. The molecule has 0 radical (unpaired) electrons. The van der Waals surface area contributed by atoms with Crippen LogP contribution in [0.3, 0.4) is 0 Å². The van der Waals surface area contributed by atoms with Gasteiger partial charge < -0.3 is 10.0 Å². The molecule has 5 heteroatoms. The number of anilines is 1.